The average Bonchev–Trinajstić information content (AvgIpc) is 3.57. The zero-order valence-electron chi connectivity index (χ0n) is 29.4. The van der Waals surface area contributed by atoms with Crippen molar-refractivity contribution < 1.29 is 19.1 Å². The van der Waals surface area contributed by atoms with E-state index in [1.807, 2.05) is 4.90 Å². The molecule has 1 aliphatic rings. The number of allylic oxidation sites excluding steroid dienone is 10. The molecule has 7 heteroatoms. The Hall–Kier alpha value is -4.16. The minimum absolute atomic E-state index is 0.0147. The molecule has 2 aromatic rings. The molecule has 0 bridgehead atoms. The number of nitrogens with one attached hydrogen (secondary N) is 1. The Bertz CT molecular complexity index is 1470. The van der Waals surface area contributed by atoms with Gasteiger partial charge < -0.3 is 15.0 Å². The van der Waals surface area contributed by atoms with Crippen molar-refractivity contribution in [1.82, 2.24) is 10.2 Å². The highest BCUT2D eigenvalue weighted by atomic mass is 35.5. The zero-order valence-corrected chi connectivity index (χ0v) is 30.2. The van der Waals surface area contributed by atoms with Crippen LogP contribution < -0.4 is 10.1 Å². The third-order valence-electron chi connectivity index (χ3n) is 8.26. The van der Waals surface area contributed by atoms with Crippen LogP contribution in [0.15, 0.2) is 109 Å². The number of likely N-dealkylation sites (tertiary alicyclic amines) is 1. The number of ketones is 1. The molecular formula is C42H53ClN2O4. The SMILES string of the molecule is CCC=CCC=CCC=CCC=CCC=CCCCC(=O)N1CCC[C@H]1CNC(=O)C(C)(C)Oc1ccc(C(=O)c2ccc(Cl)cc2)cc1. The highest BCUT2D eigenvalue weighted by Gasteiger charge is 2.33. The lowest BCUT2D eigenvalue weighted by molar-refractivity contribution is -0.136. The first-order chi connectivity index (χ1) is 23.7. The predicted octanol–water partition coefficient (Wildman–Crippen LogP) is 9.76. The van der Waals surface area contributed by atoms with Crippen molar-refractivity contribution in [3.63, 3.8) is 0 Å². The molecule has 3 rings (SSSR count). The van der Waals surface area contributed by atoms with Gasteiger partial charge in [0.1, 0.15) is 5.75 Å². The molecule has 0 aromatic heterocycles. The van der Waals surface area contributed by atoms with Crippen molar-refractivity contribution in [3.8, 4) is 5.75 Å². The van der Waals surface area contributed by atoms with Crippen molar-refractivity contribution in [1.29, 1.82) is 0 Å². The lowest BCUT2D eigenvalue weighted by Gasteiger charge is -2.29. The summed E-state index contributed by atoms with van der Waals surface area (Å²) in [6.45, 7) is 6.68. The Labute approximate surface area is 298 Å². The molecule has 1 saturated heterocycles. The third-order valence-corrected chi connectivity index (χ3v) is 8.51. The van der Waals surface area contributed by atoms with Gasteiger partial charge in [-0.2, -0.15) is 0 Å². The van der Waals surface area contributed by atoms with Gasteiger partial charge in [0.05, 0.1) is 0 Å². The maximum absolute atomic E-state index is 13.1. The van der Waals surface area contributed by atoms with Gasteiger partial charge in [0.25, 0.3) is 5.91 Å². The van der Waals surface area contributed by atoms with Crippen molar-refractivity contribution in [3.05, 3.63) is 125 Å². The van der Waals surface area contributed by atoms with Gasteiger partial charge in [-0.1, -0.05) is 79.3 Å². The number of rotatable bonds is 20. The van der Waals surface area contributed by atoms with Crippen molar-refractivity contribution in [2.24, 2.45) is 0 Å². The number of unbranched alkanes of at least 4 members (excludes halogenated alkanes) is 1. The smallest absolute Gasteiger partial charge is 0.263 e. The van der Waals surface area contributed by atoms with E-state index in [0.29, 0.717) is 34.9 Å². The number of hydrogen-bond acceptors (Lipinski definition) is 4. The van der Waals surface area contributed by atoms with E-state index >= 15 is 0 Å². The summed E-state index contributed by atoms with van der Waals surface area (Å²) in [7, 11) is 0. The molecule has 1 N–H and O–H groups in total. The molecule has 49 heavy (non-hydrogen) atoms. The zero-order chi connectivity index (χ0) is 35.3. The van der Waals surface area contributed by atoms with Gasteiger partial charge in [0.15, 0.2) is 11.4 Å². The fourth-order valence-electron chi connectivity index (χ4n) is 5.47. The molecule has 2 aromatic carbocycles. The number of amides is 2. The number of carbonyl (C=O) groups is 3. The Morgan fingerprint density at radius 1 is 0.816 bits per heavy atom. The summed E-state index contributed by atoms with van der Waals surface area (Å²) in [4.78, 5) is 40.8. The van der Waals surface area contributed by atoms with E-state index < -0.39 is 5.60 Å². The van der Waals surface area contributed by atoms with Crippen LogP contribution in [-0.2, 0) is 9.59 Å². The number of carbonyl (C=O) groups excluding carboxylic acids is 3. The number of nitrogens with zero attached hydrogens (tertiary/aromatic N) is 1. The largest absolute Gasteiger partial charge is 0.478 e. The summed E-state index contributed by atoms with van der Waals surface area (Å²) < 4.78 is 6.01. The highest BCUT2D eigenvalue weighted by Crippen LogP contribution is 2.23. The van der Waals surface area contributed by atoms with Crippen LogP contribution in [0.2, 0.25) is 5.02 Å². The molecule has 1 fully saturated rings. The molecule has 1 heterocycles. The van der Waals surface area contributed by atoms with Gasteiger partial charge in [0, 0.05) is 41.7 Å². The van der Waals surface area contributed by atoms with Crippen LogP contribution in [0.4, 0.5) is 0 Å². The van der Waals surface area contributed by atoms with Crippen LogP contribution in [0, 0.1) is 0 Å². The van der Waals surface area contributed by atoms with Crippen LogP contribution >= 0.6 is 11.6 Å². The molecule has 0 saturated carbocycles. The second-order valence-corrected chi connectivity index (χ2v) is 13.1. The van der Waals surface area contributed by atoms with Crippen molar-refractivity contribution >= 4 is 29.2 Å². The molecule has 0 spiro atoms. The second kappa shape index (κ2) is 21.7. The molecule has 0 radical (unpaired) electrons. The van der Waals surface area contributed by atoms with Gasteiger partial charge in [-0.05, 0) is 120 Å². The van der Waals surface area contributed by atoms with Crippen LogP contribution in [0.5, 0.6) is 5.75 Å². The fraction of sp³-hybridized carbons (Fsp3) is 0.405. The van der Waals surface area contributed by atoms with Crippen LogP contribution in [0.25, 0.3) is 0 Å². The van der Waals surface area contributed by atoms with E-state index in [4.69, 9.17) is 16.3 Å². The van der Waals surface area contributed by atoms with E-state index in [1.54, 1.807) is 62.4 Å². The lowest BCUT2D eigenvalue weighted by Crippen LogP contribution is -2.50. The Balaban J connectivity index is 1.32. The monoisotopic (exact) mass is 684 g/mol. The van der Waals surface area contributed by atoms with Crippen LogP contribution in [-0.4, -0.2) is 47.2 Å². The summed E-state index contributed by atoms with van der Waals surface area (Å²) in [5, 5.41) is 3.57. The number of hydrogen-bond donors (Lipinski definition) is 1. The summed E-state index contributed by atoms with van der Waals surface area (Å²) in [5.74, 6) is 0.252. The summed E-state index contributed by atoms with van der Waals surface area (Å²) >= 11 is 5.93. The minimum atomic E-state index is -1.14. The van der Waals surface area contributed by atoms with Crippen molar-refractivity contribution in [2.45, 2.75) is 96.6 Å². The molecule has 0 unspecified atom stereocenters. The molecule has 262 valence electrons. The number of ether oxygens (including phenoxy) is 1. The molecule has 6 nitrogen and oxygen atoms in total. The maximum Gasteiger partial charge on any atom is 0.263 e. The summed E-state index contributed by atoms with van der Waals surface area (Å²) in [6.07, 6.45) is 30.7. The maximum atomic E-state index is 13.1. The van der Waals surface area contributed by atoms with Gasteiger partial charge in [-0.15, -0.1) is 0 Å². The normalized spacial score (nSPS) is 15.4. The fourth-order valence-corrected chi connectivity index (χ4v) is 5.59. The number of halogens is 1. The van der Waals surface area contributed by atoms with E-state index in [1.165, 1.54) is 0 Å². The molecule has 1 aliphatic heterocycles. The molecular weight excluding hydrogens is 632 g/mol. The van der Waals surface area contributed by atoms with E-state index in [0.717, 1.165) is 64.3 Å². The summed E-state index contributed by atoms with van der Waals surface area (Å²) in [5.41, 5.74) is -0.0839. The third kappa shape index (κ3) is 14.5. The topological polar surface area (TPSA) is 75.7 Å². The van der Waals surface area contributed by atoms with Gasteiger partial charge in [-0.3, -0.25) is 14.4 Å². The Morgan fingerprint density at radius 2 is 1.35 bits per heavy atom. The molecule has 0 aliphatic carbocycles. The highest BCUT2D eigenvalue weighted by molar-refractivity contribution is 6.30. The first kappa shape index (κ1) is 39.3. The average molecular weight is 685 g/mol. The van der Waals surface area contributed by atoms with Crippen LogP contribution in [0.1, 0.15) is 101 Å². The minimum Gasteiger partial charge on any atom is -0.478 e. The van der Waals surface area contributed by atoms with E-state index in [-0.39, 0.29) is 23.6 Å². The second-order valence-electron chi connectivity index (χ2n) is 12.7. The first-order valence-corrected chi connectivity index (χ1v) is 18.0. The first-order valence-electron chi connectivity index (χ1n) is 17.6. The Kier molecular flexibility index (Phi) is 17.4. The Morgan fingerprint density at radius 3 is 1.92 bits per heavy atom. The number of benzene rings is 2. The van der Waals surface area contributed by atoms with Gasteiger partial charge in [0.2, 0.25) is 5.91 Å². The molecule has 1 atom stereocenters. The standard InChI is InChI=1S/C42H53ClN2O4/c1-4-5-6-7-8-9-10-11-12-13-14-15-16-17-18-19-20-23-39(46)45-32-21-22-37(45)33-44-41(48)42(2,3)49-38-30-26-35(27-31-38)40(47)34-24-28-36(43)29-25-34/h5-6,8-9,11-12,14-15,17-18,24-31,37H,4,7,10,13,16,19-23,32-33H2,1-3H3,(H,44,48)/t37-/m0/s1. The predicted molar refractivity (Wildman–Crippen MR) is 202 cm³/mol. The van der Waals surface area contributed by atoms with E-state index in [9.17, 15) is 14.4 Å². The van der Waals surface area contributed by atoms with Crippen LogP contribution in [0.3, 0.4) is 0 Å². The molecule has 2 amide bonds. The lowest BCUT2D eigenvalue weighted by atomic mass is 10.0. The van der Waals surface area contributed by atoms with Crippen molar-refractivity contribution in [2.75, 3.05) is 13.1 Å². The van der Waals surface area contributed by atoms with Gasteiger partial charge >= 0.3 is 0 Å². The van der Waals surface area contributed by atoms with Gasteiger partial charge in [-0.25, -0.2) is 0 Å². The van der Waals surface area contributed by atoms with E-state index in [2.05, 4.69) is 73.0 Å². The quantitative estimate of drug-likeness (QED) is 0.0856. The summed E-state index contributed by atoms with van der Waals surface area (Å²) in [6, 6.07) is 13.5.